The first-order chi connectivity index (χ1) is 9.81. The van der Waals surface area contributed by atoms with Gasteiger partial charge in [0.15, 0.2) is 0 Å². The van der Waals surface area contributed by atoms with Crippen LogP contribution in [0.4, 0.5) is 5.69 Å². The topological polar surface area (TPSA) is 69.6 Å². The number of rotatable bonds is 5. The molecule has 5 nitrogen and oxygen atoms in total. The van der Waals surface area contributed by atoms with E-state index in [0.29, 0.717) is 6.54 Å². The van der Waals surface area contributed by atoms with Gasteiger partial charge in [-0.3, -0.25) is 0 Å². The summed E-state index contributed by atoms with van der Waals surface area (Å²) in [6.45, 7) is 2.25. The number of anilines is 1. The average Bonchev–Trinajstić information content (AvgIpc) is 2.82. The molecule has 1 aliphatic carbocycles. The summed E-state index contributed by atoms with van der Waals surface area (Å²) in [7, 11) is 0.248. The van der Waals surface area contributed by atoms with E-state index in [9.17, 15) is 13.5 Å². The molecule has 118 valence electrons. The highest BCUT2D eigenvalue weighted by molar-refractivity contribution is 7.89. The summed E-state index contributed by atoms with van der Waals surface area (Å²) >= 11 is 0. The second-order valence-corrected chi connectivity index (χ2v) is 7.72. The predicted octanol–water partition coefficient (Wildman–Crippen LogP) is 1.50. The van der Waals surface area contributed by atoms with E-state index in [0.717, 1.165) is 30.5 Å². The Bertz CT molecular complexity index is 599. The minimum absolute atomic E-state index is 0.0264. The lowest BCUT2D eigenvalue weighted by atomic mass is 10.1. The van der Waals surface area contributed by atoms with Gasteiger partial charge in [0.05, 0.1) is 11.0 Å². The van der Waals surface area contributed by atoms with Gasteiger partial charge in [-0.15, -0.1) is 0 Å². The van der Waals surface area contributed by atoms with Gasteiger partial charge in [0.25, 0.3) is 0 Å². The zero-order chi connectivity index (χ0) is 15.6. The summed E-state index contributed by atoms with van der Waals surface area (Å²) in [5.41, 5.74) is 1.92. The molecule has 0 saturated heterocycles. The molecule has 21 heavy (non-hydrogen) atoms. The maximum Gasteiger partial charge on any atom is 0.240 e. The third-order valence-electron chi connectivity index (χ3n) is 4.13. The Morgan fingerprint density at radius 1 is 1.33 bits per heavy atom. The van der Waals surface area contributed by atoms with Crippen LogP contribution in [-0.4, -0.2) is 40.3 Å². The molecular weight excluding hydrogens is 288 g/mol. The van der Waals surface area contributed by atoms with E-state index in [-0.39, 0.29) is 16.9 Å². The third kappa shape index (κ3) is 3.75. The van der Waals surface area contributed by atoms with Crippen molar-refractivity contribution in [3.05, 3.63) is 23.8 Å². The molecule has 0 aromatic heterocycles. The van der Waals surface area contributed by atoms with Crippen molar-refractivity contribution >= 4 is 15.7 Å². The van der Waals surface area contributed by atoms with Crippen LogP contribution in [0.3, 0.4) is 0 Å². The van der Waals surface area contributed by atoms with Crippen molar-refractivity contribution in [1.29, 1.82) is 0 Å². The van der Waals surface area contributed by atoms with Crippen molar-refractivity contribution in [1.82, 2.24) is 4.72 Å². The van der Waals surface area contributed by atoms with Gasteiger partial charge < -0.3 is 10.0 Å². The van der Waals surface area contributed by atoms with E-state index in [4.69, 9.17) is 0 Å². The van der Waals surface area contributed by atoms with Crippen LogP contribution in [0.15, 0.2) is 23.1 Å². The van der Waals surface area contributed by atoms with Crippen LogP contribution in [0.5, 0.6) is 0 Å². The van der Waals surface area contributed by atoms with Crippen molar-refractivity contribution in [2.75, 3.05) is 25.5 Å². The maximum atomic E-state index is 12.4. The lowest BCUT2D eigenvalue weighted by Gasteiger charge is -2.18. The fourth-order valence-electron chi connectivity index (χ4n) is 2.79. The second-order valence-electron chi connectivity index (χ2n) is 5.95. The van der Waals surface area contributed by atoms with Gasteiger partial charge in [0, 0.05) is 26.3 Å². The number of nitrogens with zero attached hydrogens (tertiary/aromatic N) is 1. The molecular formula is C15H24N2O3S. The molecule has 2 N–H and O–H groups in total. The van der Waals surface area contributed by atoms with Crippen molar-refractivity contribution < 1.29 is 13.5 Å². The first-order valence-corrected chi connectivity index (χ1v) is 8.75. The van der Waals surface area contributed by atoms with Gasteiger partial charge in [-0.05, 0) is 43.4 Å². The van der Waals surface area contributed by atoms with Crippen LogP contribution in [0.25, 0.3) is 0 Å². The highest BCUT2D eigenvalue weighted by Gasteiger charge is 2.27. The Labute approximate surface area is 127 Å². The van der Waals surface area contributed by atoms with E-state index in [1.54, 1.807) is 12.1 Å². The second kappa shape index (κ2) is 6.34. The number of sulfonamides is 1. The van der Waals surface area contributed by atoms with Gasteiger partial charge in [-0.25, -0.2) is 13.1 Å². The van der Waals surface area contributed by atoms with Crippen LogP contribution >= 0.6 is 0 Å². The zero-order valence-electron chi connectivity index (χ0n) is 12.8. The Hall–Kier alpha value is -1.11. The average molecular weight is 312 g/mol. The van der Waals surface area contributed by atoms with E-state index < -0.39 is 10.0 Å². The van der Waals surface area contributed by atoms with E-state index >= 15 is 0 Å². The smallest absolute Gasteiger partial charge is 0.240 e. The summed E-state index contributed by atoms with van der Waals surface area (Å²) < 4.78 is 27.4. The largest absolute Gasteiger partial charge is 0.393 e. The van der Waals surface area contributed by atoms with Gasteiger partial charge in [0.1, 0.15) is 0 Å². The number of aliphatic hydroxyl groups excluding tert-OH is 1. The molecule has 0 spiro atoms. The van der Waals surface area contributed by atoms with Crippen LogP contribution in [-0.2, 0) is 10.0 Å². The number of hydrogen-bond donors (Lipinski definition) is 2. The molecule has 2 rings (SSSR count). The van der Waals surface area contributed by atoms with Gasteiger partial charge in [-0.1, -0.05) is 12.5 Å². The van der Waals surface area contributed by atoms with Gasteiger partial charge in [0.2, 0.25) is 10.0 Å². The summed E-state index contributed by atoms with van der Waals surface area (Å²) in [6.07, 6.45) is 2.22. The standard InChI is InChI=1S/C15H24N2O3S/c1-11-7-8-13(9-14(11)17(2)3)21(19,20)16-10-12-5-4-6-15(12)18/h7-9,12,15-16,18H,4-6,10H2,1-3H3. The molecule has 1 aromatic rings. The number of aryl methyl sites for hydroxylation is 1. The molecule has 6 heteroatoms. The molecule has 0 radical (unpaired) electrons. The minimum Gasteiger partial charge on any atom is -0.393 e. The van der Waals surface area contributed by atoms with Crippen molar-refractivity contribution in [3.8, 4) is 0 Å². The predicted molar refractivity (Wildman–Crippen MR) is 84.0 cm³/mol. The first kappa shape index (κ1) is 16.3. The minimum atomic E-state index is -3.53. The lowest BCUT2D eigenvalue weighted by molar-refractivity contribution is 0.134. The van der Waals surface area contributed by atoms with Gasteiger partial charge in [-0.2, -0.15) is 0 Å². The Kier molecular flexibility index (Phi) is 4.91. The summed E-state index contributed by atoms with van der Waals surface area (Å²) in [5.74, 6) is 0.0264. The van der Waals surface area contributed by atoms with Crippen LogP contribution < -0.4 is 9.62 Å². The number of benzene rings is 1. The highest BCUT2D eigenvalue weighted by Crippen LogP contribution is 2.26. The normalized spacial score (nSPS) is 22.5. The highest BCUT2D eigenvalue weighted by atomic mass is 32.2. The number of aliphatic hydroxyl groups is 1. The fourth-order valence-corrected chi connectivity index (χ4v) is 3.91. The summed E-state index contributed by atoms with van der Waals surface area (Å²) in [5, 5.41) is 9.77. The van der Waals surface area contributed by atoms with Gasteiger partial charge >= 0.3 is 0 Å². The number of hydrogen-bond acceptors (Lipinski definition) is 4. The summed E-state index contributed by atoms with van der Waals surface area (Å²) in [4.78, 5) is 2.17. The van der Waals surface area contributed by atoms with Crippen LogP contribution in [0.2, 0.25) is 0 Å². The maximum absolute atomic E-state index is 12.4. The molecule has 1 aromatic carbocycles. The third-order valence-corrected chi connectivity index (χ3v) is 5.55. The number of nitrogens with one attached hydrogen (secondary N) is 1. The molecule has 0 bridgehead atoms. The Balaban J connectivity index is 2.14. The Morgan fingerprint density at radius 2 is 2.05 bits per heavy atom. The molecule has 1 saturated carbocycles. The molecule has 1 fully saturated rings. The molecule has 2 atom stereocenters. The van der Waals surface area contributed by atoms with Crippen LogP contribution in [0.1, 0.15) is 24.8 Å². The van der Waals surface area contributed by atoms with E-state index in [1.165, 1.54) is 0 Å². The lowest BCUT2D eigenvalue weighted by Crippen LogP contribution is -2.32. The zero-order valence-corrected chi connectivity index (χ0v) is 13.7. The molecule has 0 heterocycles. The van der Waals surface area contributed by atoms with Crippen molar-refractivity contribution in [2.45, 2.75) is 37.2 Å². The molecule has 0 amide bonds. The fraction of sp³-hybridized carbons (Fsp3) is 0.600. The molecule has 1 aliphatic rings. The first-order valence-electron chi connectivity index (χ1n) is 7.27. The Morgan fingerprint density at radius 3 is 2.62 bits per heavy atom. The SMILES string of the molecule is Cc1ccc(S(=O)(=O)NCC2CCCC2O)cc1N(C)C. The van der Waals surface area contributed by atoms with E-state index in [2.05, 4.69) is 4.72 Å². The van der Waals surface area contributed by atoms with Crippen molar-refractivity contribution in [2.24, 2.45) is 5.92 Å². The van der Waals surface area contributed by atoms with Crippen LogP contribution in [0, 0.1) is 12.8 Å². The molecule has 0 aliphatic heterocycles. The molecule has 2 unspecified atom stereocenters. The monoisotopic (exact) mass is 312 g/mol. The quantitative estimate of drug-likeness (QED) is 0.864. The summed E-state index contributed by atoms with van der Waals surface area (Å²) in [6, 6.07) is 5.12. The van der Waals surface area contributed by atoms with E-state index in [1.807, 2.05) is 32.0 Å². The van der Waals surface area contributed by atoms with Crippen molar-refractivity contribution in [3.63, 3.8) is 0 Å².